The highest BCUT2D eigenvalue weighted by Crippen LogP contribution is 2.12. The highest BCUT2D eigenvalue weighted by atomic mass is 35.5. The number of carbonyl (C=O) groups is 1. The Hall–Kier alpha value is -1.63. The van der Waals surface area contributed by atoms with E-state index in [2.05, 4.69) is 15.4 Å². The van der Waals surface area contributed by atoms with E-state index >= 15 is 0 Å². The highest BCUT2D eigenvalue weighted by molar-refractivity contribution is 5.94. The Bertz CT molecular complexity index is 547. The van der Waals surface area contributed by atoms with Crippen LogP contribution in [0, 0.1) is 0 Å². The van der Waals surface area contributed by atoms with Gasteiger partial charge in [-0.25, -0.2) is 9.67 Å². The molecule has 0 aliphatic rings. The van der Waals surface area contributed by atoms with Gasteiger partial charge in [0, 0.05) is 5.69 Å². The number of rotatable bonds is 5. The van der Waals surface area contributed by atoms with Gasteiger partial charge in [-0.05, 0) is 24.1 Å². The number of hydrogen-bond donors (Lipinski definition) is 2. The molecule has 0 saturated heterocycles. The van der Waals surface area contributed by atoms with Crippen LogP contribution in [0.1, 0.15) is 18.9 Å². The largest absolute Gasteiger partial charge is 0.325 e. The normalized spacial score (nSPS) is 11.0. The van der Waals surface area contributed by atoms with E-state index in [-0.39, 0.29) is 30.7 Å². The van der Waals surface area contributed by atoms with E-state index in [1.54, 1.807) is 11.0 Å². The Kier molecular flexibility index (Phi) is 8.61. The van der Waals surface area contributed by atoms with Crippen LogP contribution < -0.4 is 11.1 Å². The van der Waals surface area contributed by atoms with E-state index in [1.807, 2.05) is 31.2 Å². The number of carbonyl (C=O) groups excluding carboxylic acids is 1. The number of halogens is 2. The van der Waals surface area contributed by atoms with Gasteiger partial charge in [-0.15, -0.1) is 24.8 Å². The maximum absolute atomic E-state index is 11.7. The fraction of sp³-hybridized carbons (Fsp3) is 0.308. The molecule has 0 radical (unpaired) electrons. The predicted molar refractivity (Wildman–Crippen MR) is 87.0 cm³/mol. The van der Waals surface area contributed by atoms with Crippen LogP contribution in [0.5, 0.6) is 0 Å². The number of nitrogens with one attached hydrogen (secondary N) is 1. The third-order valence-corrected chi connectivity index (χ3v) is 2.78. The van der Waals surface area contributed by atoms with Gasteiger partial charge < -0.3 is 11.1 Å². The zero-order chi connectivity index (χ0) is 13.7. The molecule has 0 fully saturated rings. The van der Waals surface area contributed by atoms with E-state index in [9.17, 15) is 4.79 Å². The van der Waals surface area contributed by atoms with Crippen LogP contribution >= 0.6 is 24.8 Å². The second-order valence-electron chi connectivity index (χ2n) is 4.30. The summed E-state index contributed by atoms with van der Waals surface area (Å²) < 4.78 is 1.72. The highest BCUT2D eigenvalue weighted by Gasteiger charge is 2.10. The van der Waals surface area contributed by atoms with Crippen LogP contribution in [0.3, 0.4) is 0 Å². The summed E-state index contributed by atoms with van der Waals surface area (Å²) in [5, 5.41) is 6.85. The molecule has 3 N–H and O–H groups in total. The molecule has 2 rings (SSSR count). The van der Waals surface area contributed by atoms with Crippen LogP contribution in [-0.2, 0) is 11.3 Å². The molecule has 1 aromatic carbocycles. The first-order valence-corrected chi connectivity index (χ1v) is 6.17. The Balaban J connectivity index is 0.00000200. The smallest absolute Gasteiger partial charge is 0.241 e. The van der Waals surface area contributed by atoms with Crippen molar-refractivity contribution in [2.45, 2.75) is 25.9 Å². The quantitative estimate of drug-likeness (QED) is 0.875. The lowest BCUT2D eigenvalue weighted by atomic mass is 10.2. The first-order chi connectivity index (χ1) is 9.19. The third-order valence-electron chi connectivity index (χ3n) is 2.78. The molecular formula is C13H19Cl2N5O. The number of anilines is 1. The molecule has 0 unspecified atom stereocenters. The molecule has 1 atom stereocenters. The first kappa shape index (κ1) is 19.4. The summed E-state index contributed by atoms with van der Waals surface area (Å²) >= 11 is 0. The zero-order valence-corrected chi connectivity index (χ0v) is 13.2. The molecule has 0 saturated carbocycles. The van der Waals surface area contributed by atoms with Crippen LogP contribution in [-0.4, -0.2) is 26.7 Å². The standard InChI is InChI=1S/C13H17N5O.2ClH/c1-2-12(14)13(19)17-11-5-3-4-10(6-11)7-18-9-15-8-16-18;;/h3-6,8-9,12H,2,7,14H2,1H3,(H,17,19);2*1H/t12-;;/m0../s1. The number of benzene rings is 1. The van der Waals surface area contributed by atoms with Gasteiger partial charge in [0.15, 0.2) is 0 Å². The van der Waals surface area contributed by atoms with Gasteiger partial charge in [-0.1, -0.05) is 19.1 Å². The van der Waals surface area contributed by atoms with Gasteiger partial charge in [-0.2, -0.15) is 5.10 Å². The van der Waals surface area contributed by atoms with Crippen molar-refractivity contribution in [1.29, 1.82) is 0 Å². The number of amides is 1. The summed E-state index contributed by atoms with van der Waals surface area (Å²) in [6.07, 6.45) is 3.76. The lowest BCUT2D eigenvalue weighted by Gasteiger charge is -2.11. The molecule has 0 bridgehead atoms. The van der Waals surface area contributed by atoms with Gasteiger partial charge in [0.05, 0.1) is 12.6 Å². The monoisotopic (exact) mass is 331 g/mol. The molecule has 116 valence electrons. The molecule has 21 heavy (non-hydrogen) atoms. The van der Waals surface area contributed by atoms with E-state index in [0.717, 1.165) is 11.3 Å². The fourth-order valence-corrected chi connectivity index (χ4v) is 1.67. The third kappa shape index (κ3) is 5.71. The maximum Gasteiger partial charge on any atom is 0.241 e. The van der Waals surface area contributed by atoms with Crippen LogP contribution in [0.2, 0.25) is 0 Å². The molecule has 2 aromatic rings. The van der Waals surface area contributed by atoms with Crippen molar-refractivity contribution in [2.75, 3.05) is 5.32 Å². The minimum Gasteiger partial charge on any atom is -0.325 e. The fourth-order valence-electron chi connectivity index (χ4n) is 1.67. The average Bonchev–Trinajstić information content (AvgIpc) is 2.91. The summed E-state index contributed by atoms with van der Waals surface area (Å²) in [4.78, 5) is 15.6. The Labute approximate surface area is 135 Å². The number of aromatic nitrogens is 3. The maximum atomic E-state index is 11.7. The number of hydrogen-bond acceptors (Lipinski definition) is 4. The van der Waals surface area contributed by atoms with E-state index in [4.69, 9.17) is 5.73 Å². The van der Waals surface area contributed by atoms with E-state index < -0.39 is 6.04 Å². The molecule has 1 heterocycles. The van der Waals surface area contributed by atoms with Gasteiger partial charge in [0.1, 0.15) is 12.7 Å². The van der Waals surface area contributed by atoms with Crippen LogP contribution in [0.15, 0.2) is 36.9 Å². The van der Waals surface area contributed by atoms with Crippen molar-refractivity contribution >= 4 is 36.4 Å². The van der Waals surface area contributed by atoms with E-state index in [1.165, 1.54) is 6.33 Å². The Morgan fingerprint density at radius 1 is 1.43 bits per heavy atom. The molecule has 1 aromatic heterocycles. The minimum atomic E-state index is -0.473. The lowest BCUT2D eigenvalue weighted by molar-refractivity contribution is -0.117. The Morgan fingerprint density at radius 2 is 2.19 bits per heavy atom. The minimum absolute atomic E-state index is 0. The SMILES string of the molecule is CC[C@H](N)C(=O)Nc1cccc(Cn2cncn2)c1.Cl.Cl. The van der Waals surface area contributed by atoms with Gasteiger partial charge in [0.2, 0.25) is 5.91 Å². The van der Waals surface area contributed by atoms with Crippen molar-refractivity contribution in [3.05, 3.63) is 42.5 Å². The molecule has 0 aliphatic carbocycles. The second-order valence-corrected chi connectivity index (χ2v) is 4.30. The van der Waals surface area contributed by atoms with Crippen molar-refractivity contribution in [3.8, 4) is 0 Å². The lowest BCUT2D eigenvalue weighted by Crippen LogP contribution is -2.34. The number of nitrogens with two attached hydrogens (primary N) is 1. The summed E-state index contributed by atoms with van der Waals surface area (Å²) in [7, 11) is 0. The molecule has 0 spiro atoms. The van der Waals surface area contributed by atoms with Crippen molar-refractivity contribution in [3.63, 3.8) is 0 Å². The number of nitrogens with zero attached hydrogens (tertiary/aromatic N) is 3. The molecule has 0 aliphatic heterocycles. The van der Waals surface area contributed by atoms with Gasteiger partial charge >= 0.3 is 0 Å². The summed E-state index contributed by atoms with van der Waals surface area (Å²) in [6, 6.07) is 7.13. The molecule has 6 nitrogen and oxygen atoms in total. The van der Waals surface area contributed by atoms with Crippen LogP contribution in [0.25, 0.3) is 0 Å². The van der Waals surface area contributed by atoms with E-state index in [0.29, 0.717) is 13.0 Å². The summed E-state index contributed by atoms with van der Waals surface area (Å²) in [5.41, 5.74) is 7.46. The van der Waals surface area contributed by atoms with Gasteiger partial charge in [-0.3, -0.25) is 4.79 Å². The molecular weight excluding hydrogens is 313 g/mol. The van der Waals surface area contributed by atoms with Crippen LogP contribution in [0.4, 0.5) is 5.69 Å². The van der Waals surface area contributed by atoms with Crippen molar-refractivity contribution < 1.29 is 4.79 Å². The van der Waals surface area contributed by atoms with Gasteiger partial charge in [0.25, 0.3) is 0 Å². The zero-order valence-electron chi connectivity index (χ0n) is 11.6. The van der Waals surface area contributed by atoms with Crippen molar-refractivity contribution in [1.82, 2.24) is 14.8 Å². The summed E-state index contributed by atoms with van der Waals surface area (Å²) in [5.74, 6) is -0.166. The second kappa shape index (κ2) is 9.33. The average molecular weight is 332 g/mol. The Morgan fingerprint density at radius 3 is 2.81 bits per heavy atom. The first-order valence-electron chi connectivity index (χ1n) is 6.17. The summed E-state index contributed by atoms with van der Waals surface area (Å²) in [6.45, 7) is 2.49. The molecule has 8 heteroatoms. The topological polar surface area (TPSA) is 85.8 Å². The molecule has 1 amide bonds. The van der Waals surface area contributed by atoms with Crippen molar-refractivity contribution in [2.24, 2.45) is 5.73 Å². The predicted octanol–water partition coefficient (Wildman–Crippen LogP) is 1.85.